The molecule has 0 spiro atoms. The molecular formula is C26H19BrClN3O3. The molecule has 34 heavy (non-hydrogen) atoms. The molecule has 0 heterocycles. The summed E-state index contributed by atoms with van der Waals surface area (Å²) in [5.74, 6) is 0.278. The van der Waals surface area contributed by atoms with Crippen LogP contribution in [-0.2, 0) is 11.4 Å². The van der Waals surface area contributed by atoms with Crippen molar-refractivity contribution in [2.45, 2.75) is 13.5 Å². The summed E-state index contributed by atoms with van der Waals surface area (Å²) in [4.78, 5) is 12.7. The summed E-state index contributed by atoms with van der Waals surface area (Å²) in [6.45, 7) is 1.95. The van der Waals surface area contributed by atoms with Crippen molar-refractivity contribution in [3.63, 3.8) is 0 Å². The van der Waals surface area contributed by atoms with Gasteiger partial charge in [-0.2, -0.15) is 10.5 Å². The summed E-state index contributed by atoms with van der Waals surface area (Å²) in [5, 5.41) is 22.1. The highest BCUT2D eigenvalue weighted by molar-refractivity contribution is 9.10. The van der Waals surface area contributed by atoms with E-state index < -0.39 is 5.91 Å². The van der Waals surface area contributed by atoms with E-state index in [9.17, 15) is 15.3 Å². The normalized spacial score (nSPS) is 10.7. The number of rotatable bonds is 7. The van der Waals surface area contributed by atoms with Gasteiger partial charge < -0.3 is 14.8 Å². The zero-order valence-corrected chi connectivity index (χ0v) is 20.7. The number of methoxy groups -OCH3 is 1. The van der Waals surface area contributed by atoms with Crippen LogP contribution in [0.15, 0.2) is 64.6 Å². The Morgan fingerprint density at radius 1 is 1.18 bits per heavy atom. The molecule has 0 saturated carbocycles. The van der Waals surface area contributed by atoms with Crippen LogP contribution < -0.4 is 14.8 Å². The highest BCUT2D eigenvalue weighted by Crippen LogP contribution is 2.38. The molecule has 0 aliphatic carbocycles. The van der Waals surface area contributed by atoms with Gasteiger partial charge in [0.1, 0.15) is 18.2 Å². The molecule has 0 bridgehead atoms. The van der Waals surface area contributed by atoms with E-state index in [2.05, 4.69) is 27.3 Å². The van der Waals surface area contributed by atoms with Gasteiger partial charge in [0.25, 0.3) is 5.91 Å². The number of hydrogen-bond acceptors (Lipinski definition) is 5. The van der Waals surface area contributed by atoms with Gasteiger partial charge in [-0.3, -0.25) is 4.79 Å². The SMILES string of the molecule is COc1cc(/C=C(/C#N)C(=O)Nc2cccc(Cl)c2C)cc(Br)c1OCc1ccccc1C#N. The van der Waals surface area contributed by atoms with E-state index in [-0.39, 0.29) is 12.2 Å². The molecule has 0 atom stereocenters. The molecule has 3 aromatic carbocycles. The number of carbonyl (C=O) groups is 1. The van der Waals surface area contributed by atoms with Crippen LogP contribution in [0.25, 0.3) is 6.08 Å². The predicted octanol–water partition coefficient (Wildman–Crippen LogP) is 6.42. The van der Waals surface area contributed by atoms with Crippen LogP contribution in [0.5, 0.6) is 11.5 Å². The molecule has 3 aromatic rings. The maximum Gasteiger partial charge on any atom is 0.266 e. The van der Waals surface area contributed by atoms with Crippen molar-refractivity contribution in [2.24, 2.45) is 0 Å². The predicted molar refractivity (Wildman–Crippen MR) is 135 cm³/mol. The number of nitrogens with one attached hydrogen (secondary N) is 1. The van der Waals surface area contributed by atoms with E-state index in [1.807, 2.05) is 18.2 Å². The van der Waals surface area contributed by atoms with Crippen LogP contribution in [-0.4, -0.2) is 13.0 Å². The van der Waals surface area contributed by atoms with E-state index in [0.29, 0.717) is 43.4 Å². The molecule has 3 rings (SSSR count). The monoisotopic (exact) mass is 535 g/mol. The molecule has 0 saturated heterocycles. The smallest absolute Gasteiger partial charge is 0.266 e. The molecule has 0 radical (unpaired) electrons. The Morgan fingerprint density at radius 2 is 1.94 bits per heavy atom. The van der Waals surface area contributed by atoms with E-state index in [4.69, 9.17) is 21.1 Å². The largest absolute Gasteiger partial charge is 0.493 e. The van der Waals surface area contributed by atoms with Gasteiger partial charge >= 0.3 is 0 Å². The molecule has 0 aliphatic heterocycles. The van der Waals surface area contributed by atoms with Crippen LogP contribution in [0.2, 0.25) is 5.02 Å². The Kier molecular flexibility index (Phi) is 8.32. The fourth-order valence-corrected chi connectivity index (χ4v) is 3.86. The van der Waals surface area contributed by atoms with Crippen molar-refractivity contribution in [3.05, 3.63) is 91.9 Å². The van der Waals surface area contributed by atoms with Crippen LogP contribution >= 0.6 is 27.5 Å². The lowest BCUT2D eigenvalue weighted by atomic mass is 10.1. The van der Waals surface area contributed by atoms with Crippen molar-refractivity contribution in [1.82, 2.24) is 0 Å². The Balaban J connectivity index is 1.86. The van der Waals surface area contributed by atoms with E-state index in [1.165, 1.54) is 13.2 Å². The summed E-state index contributed by atoms with van der Waals surface area (Å²) >= 11 is 9.58. The maximum atomic E-state index is 12.7. The number of carbonyl (C=O) groups excluding carboxylic acids is 1. The van der Waals surface area contributed by atoms with Gasteiger partial charge in [-0.05, 0) is 70.4 Å². The van der Waals surface area contributed by atoms with Crippen molar-refractivity contribution < 1.29 is 14.3 Å². The van der Waals surface area contributed by atoms with Gasteiger partial charge in [-0.1, -0.05) is 35.9 Å². The Bertz CT molecular complexity index is 1360. The summed E-state index contributed by atoms with van der Waals surface area (Å²) in [6, 6.07) is 19.8. The number of anilines is 1. The lowest BCUT2D eigenvalue weighted by Crippen LogP contribution is -2.14. The highest BCUT2D eigenvalue weighted by Gasteiger charge is 2.16. The second-order valence-electron chi connectivity index (χ2n) is 7.13. The average Bonchev–Trinajstić information content (AvgIpc) is 2.84. The maximum absolute atomic E-state index is 12.7. The Labute approximate surface area is 211 Å². The first-order valence-electron chi connectivity index (χ1n) is 10.0. The van der Waals surface area contributed by atoms with Crippen LogP contribution in [0.3, 0.4) is 0 Å². The van der Waals surface area contributed by atoms with E-state index in [1.54, 1.807) is 49.4 Å². The van der Waals surface area contributed by atoms with Gasteiger partial charge in [-0.25, -0.2) is 0 Å². The number of ether oxygens (including phenoxy) is 2. The molecule has 1 amide bonds. The number of benzene rings is 3. The van der Waals surface area contributed by atoms with Gasteiger partial charge in [-0.15, -0.1) is 0 Å². The fourth-order valence-electron chi connectivity index (χ4n) is 3.12. The summed E-state index contributed by atoms with van der Waals surface area (Å²) in [7, 11) is 1.49. The van der Waals surface area contributed by atoms with Crippen molar-refractivity contribution in [2.75, 3.05) is 12.4 Å². The van der Waals surface area contributed by atoms with Crippen molar-refractivity contribution >= 4 is 45.2 Å². The first-order chi connectivity index (χ1) is 16.4. The Hall–Kier alpha value is -3.78. The van der Waals surface area contributed by atoms with Crippen LogP contribution in [0.4, 0.5) is 5.69 Å². The van der Waals surface area contributed by atoms with E-state index in [0.717, 1.165) is 5.56 Å². The minimum absolute atomic E-state index is 0.0926. The second-order valence-corrected chi connectivity index (χ2v) is 8.39. The quantitative estimate of drug-likeness (QED) is 0.278. The number of hydrogen-bond donors (Lipinski definition) is 1. The summed E-state index contributed by atoms with van der Waals surface area (Å²) in [5.41, 5.74) is 2.96. The molecular weight excluding hydrogens is 518 g/mol. The van der Waals surface area contributed by atoms with Gasteiger partial charge in [0.2, 0.25) is 0 Å². The molecule has 1 N–H and O–H groups in total. The second kappa shape index (κ2) is 11.4. The lowest BCUT2D eigenvalue weighted by Gasteiger charge is -2.14. The average molecular weight is 537 g/mol. The Morgan fingerprint density at radius 3 is 2.65 bits per heavy atom. The molecule has 0 unspecified atom stereocenters. The summed E-state index contributed by atoms with van der Waals surface area (Å²) < 4.78 is 12.0. The molecule has 0 aliphatic rings. The minimum Gasteiger partial charge on any atom is -0.493 e. The molecule has 8 heteroatoms. The molecule has 0 aromatic heterocycles. The molecule has 0 fully saturated rings. The number of halogens is 2. The minimum atomic E-state index is -0.559. The van der Waals surface area contributed by atoms with Crippen LogP contribution in [0, 0.1) is 29.6 Å². The van der Waals surface area contributed by atoms with Gasteiger partial charge in [0.15, 0.2) is 11.5 Å². The molecule has 6 nitrogen and oxygen atoms in total. The van der Waals surface area contributed by atoms with Crippen LogP contribution in [0.1, 0.15) is 22.3 Å². The van der Waals surface area contributed by atoms with E-state index >= 15 is 0 Å². The topological polar surface area (TPSA) is 95.1 Å². The standard InChI is InChI=1S/C26H19BrClN3O3/c1-16-22(28)8-5-9-23(16)31-26(32)20(14-30)10-17-11-21(27)25(24(12-17)33-2)34-15-19-7-4-3-6-18(19)13-29/h3-12H,15H2,1-2H3,(H,31,32)/b20-10-. The summed E-state index contributed by atoms with van der Waals surface area (Å²) in [6.07, 6.45) is 1.46. The zero-order valence-electron chi connectivity index (χ0n) is 18.4. The number of nitrogens with zero attached hydrogens (tertiary/aromatic N) is 2. The zero-order chi connectivity index (χ0) is 24.7. The lowest BCUT2D eigenvalue weighted by molar-refractivity contribution is -0.112. The number of amides is 1. The van der Waals surface area contributed by atoms with Crippen molar-refractivity contribution in [1.29, 1.82) is 10.5 Å². The first kappa shape index (κ1) is 24.9. The third-order valence-electron chi connectivity index (χ3n) is 4.95. The number of nitriles is 2. The van der Waals surface area contributed by atoms with Gasteiger partial charge in [0.05, 0.1) is 23.2 Å². The third-order valence-corrected chi connectivity index (χ3v) is 5.95. The highest BCUT2D eigenvalue weighted by atomic mass is 79.9. The van der Waals surface area contributed by atoms with Crippen molar-refractivity contribution in [3.8, 4) is 23.6 Å². The molecule has 170 valence electrons. The fraction of sp³-hybridized carbons (Fsp3) is 0.115. The third kappa shape index (κ3) is 5.77. The van der Waals surface area contributed by atoms with Gasteiger partial charge in [0, 0.05) is 16.3 Å². The first-order valence-corrected chi connectivity index (χ1v) is 11.2.